The van der Waals surface area contributed by atoms with E-state index in [1.807, 2.05) is 24.3 Å². The molecule has 0 spiro atoms. The normalized spacial score (nSPS) is 12.0. The second-order valence-electron chi connectivity index (χ2n) is 4.61. The second kappa shape index (κ2) is 6.91. The minimum atomic E-state index is -0.326. The van der Waals surface area contributed by atoms with Crippen LogP contribution < -0.4 is 15.2 Å². The van der Waals surface area contributed by atoms with Crippen LogP contribution in [0.15, 0.2) is 40.9 Å². The van der Waals surface area contributed by atoms with Gasteiger partial charge in [-0.25, -0.2) is 4.39 Å². The van der Waals surface area contributed by atoms with Gasteiger partial charge in [-0.2, -0.15) is 0 Å². The Bertz CT molecular complexity index is 634. The number of methoxy groups -OCH3 is 2. The lowest BCUT2D eigenvalue weighted by Crippen LogP contribution is -2.15. The molecule has 1 unspecified atom stereocenters. The fourth-order valence-corrected chi connectivity index (χ4v) is 2.68. The summed E-state index contributed by atoms with van der Waals surface area (Å²) < 4.78 is 24.7. The number of nitrogens with two attached hydrogens (primary N) is 1. The summed E-state index contributed by atoms with van der Waals surface area (Å²) in [5.74, 6) is 0.945. The summed E-state index contributed by atoms with van der Waals surface area (Å²) in [6.45, 7) is 0. The number of rotatable bonds is 5. The molecule has 0 bridgehead atoms. The Labute approximate surface area is 132 Å². The van der Waals surface area contributed by atoms with Crippen molar-refractivity contribution in [2.45, 2.75) is 12.5 Å². The molecule has 0 fully saturated rings. The largest absolute Gasteiger partial charge is 0.493 e. The molecule has 21 heavy (non-hydrogen) atoms. The van der Waals surface area contributed by atoms with Crippen LogP contribution >= 0.6 is 15.9 Å². The molecule has 0 heterocycles. The Morgan fingerprint density at radius 2 is 1.86 bits per heavy atom. The van der Waals surface area contributed by atoms with Gasteiger partial charge >= 0.3 is 0 Å². The van der Waals surface area contributed by atoms with Crippen molar-refractivity contribution in [3.63, 3.8) is 0 Å². The predicted octanol–water partition coefficient (Wildman–Crippen LogP) is 3.85. The fourth-order valence-electron chi connectivity index (χ4n) is 2.26. The lowest BCUT2D eigenvalue weighted by Gasteiger charge is -2.18. The molecule has 1 atom stereocenters. The fraction of sp³-hybridized carbons (Fsp3) is 0.250. The molecule has 2 rings (SSSR count). The first-order chi connectivity index (χ1) is 10.1. The Kier molecular flexibility index (Phi) is 5.20. The zero-order valence-corrected chi connectivity index (χ0v) is 13.5. The van der Waals surface area contributed by atoms with E-state index in [-0.39, 0.29) is 11.9 Å². The van der Waals surface area contributed by atoms with Crippen molar-refractivity contribution in [3.05, 3.63) is 57.8 Å². The molecular formula is C16H17BrFNO2. The molecule has 0 saturated heterocycles. The SMILES string of the molecule is COc1cccc(C(N)Cc2cccc(F)c2Br)c1OC. The van der Waals surface area contributed by atoms with Crippen molar-refractivity contribution >= 4 is 15.9 Å². The van der Waals surface area contributed by atoms with Crippen LogP contribution in [0.25, 0.3) is 0 Å². The average molecular weight is 354 g/mol. The molecule has 0 aromatic heterocycles. The molecule has 5 heteroatoms. The summed E-state index contributed by atoms with van der Waals surface area (Å²) in [5, 5.41) is 0. The van der Waals surface area contributed by atoms with E-state index in [1.54, 1.807) is 20.3 Å². The van der Waals surface area contributed by atoms with E-state index >= 15 is 0 Å². The van der Waals surface area contributed by atoms with Gasteiger partial charge in [0.15, 0.2) is 11.5 Å². The Morgan fingerprint density at radius 1 is 1.14 bits per heavy atom. The zero-order valence-electron chi connectivity index (χ0n) is 11.9. The van der Waals surface area contributed by atoms with Crippen LogP contribution in [-0.4, -0.2) is 14.2 Å². The van der Waals surface area contributed by atoms with E-state index in [4.69, 9.17) is 15.2 Å². The summed E-state index contributed by atoms with van der Waals surface area (Å²) in [6, 6.07) is 10.2. The van der Waals surface area contributed by atoms with E-state index in [1.165, 1.54) is 6.07 Å². The summed E-state index contributed by atoms with van der Waals surface area (Å²) in [4.78, 5) is 0. The maximum atomic E-state index is 13.6. The monoisotopic (exact) mass is 353 g/mol. The highest BCUT2D eigenvalue weighted by molar-refractivity contribution is 9.10. The van der Waals surface area contributed by atoms with Gasteiger partial charge < -0.3 is 15.2 Å². The quantitative estimate of drug-likeness (QED) is 0.887. The van der Waals surface area contributed by atoms with Crippen LogP contribution in [0.4, 0.5) is 4.39 Å². The first-order valence-electron chi connectivity index (χ1n) is 6.47. The molecule has 0 saturated carbocycles. The number of hydrogen-bond donors (Lipinski definition) is 1. The van der Waals surface area contributed by atoms with Crippen molar-refractivity contribution in [1.82, 2.24) is 0 Å². The standard InChI is InChI=1S/C16H17BrFNO2/c1-20-14-8-4-6-11(16(14)21-2)13(19)9-10-5-3-7-12(18)15(10)17/h3-8,13H,9,19H2,1-2H3. The van der Waals surface area contributed by atoms with Crippen LogP contribution in [0.5, 0.6) is 11.5 Å². The molecule has 0 aliphatic rings. The van der Waals surface area contributed by atoms with Gasteiger partial charge in [-0.05, 0) is 40.0 Å². The van der Waals surface area contributed by atoms with Gasteiger partial charge in [0.2, 0.25) is 0 Å². The highest BCUT2D eigenvalue weighted by atomic mass is 79.9. The Morgan fingerprint density at radius 3 is 2.52 bits per heavy atom. The number of hydrogen-bond acceptors (Lipinski definition) is 3. The number of ether oxygens (including phenoxy) is 2. The minimum Gasteiger partial charge on any atom is -0.493 e. The van der Waals surface area contributed by atoms with E-state index in [0.29, 0.717) is 22.4 Å². The molecule has 0 aliphatic heterocycles. The summed E-state index contributed by atoms with van der Waals surface area (Å²) >= 11 is 3.26. The summed E-state index contributed by atoms with van der Waals surface area (Å²) in [5.41, 5.74) is 7.91. The van der Waals surface area contributed by atoms with E-state index in [9.17, 15) is 4.39 Å². The maximum absolute atomic E-state index is 13.6. The molecule has 2 aromatic rings. The molecule has 0 radical (unpaired) electrons. The zero-order chi connectivity index (χ0) is 15.4. The van der Waals surface area contributed by atoms with E-state index in [2.05, 4.69) is 15.9 Å². The Hall–Kier alpha value is -1.59. The Balaban J connectivity index is 2.32. The predicted molar refractivity (Wildman–Crippen MR) is 84.3 cm³/mol. The van der Waals surface area contributed by atoms with E-state index in [0.717, 1.165) is 11.1 Å². The third-order valence-corrected chi connectivity index (χ3v) is 4.19. The van der Waals surface area contributed by atoms with Crippen LogP contribution in [0, 0.1) is 5.82 Å². The van der Waals surface area contributed by atoms with Crippen molar-refractivity contribution in [3.8, 4) is 11.5 Å². The molecular weight excluding hydrogens is 337 g/mol. The van der Waals surface area contributed by atoms with Gasteiger partial charge in [0.25, 0.3) is 0 Å². The van der Waals surface area contributed by atoms with Crippen molar-refractivity contribution in [2.75, 3.05) is 14.2 Å². The van der Waals surface area contributed by atoms with Gasteiger partial charge in [0.05, 0.1) is 18.7 Å². The molecule has 0 aliphatic carbocycles. The summed E-state index contributed by atoms with van der Waals surface area (Å²) in [7, 11) is 3.16. The van der Waals surface area contributed by atoms with Crippen LogP contribution in [0.2, 0.25) is 0 Å². The van der Waals surface area contributed by atoms with Crippen molar-refractivity contribution in [1.29, 1.82) is 0 Å². The first kappa shape index (κ1) is 15.8. The topological polar surface area (TPSA) is 44.5 Å². The minimum absolute atomic E-state index is 0.294. The van der Waals surface area contributed by atoms with Crippen LogP contribution in [-0.2, 0) is 6.42 Å². The number of halogens is 2. The van der Waals surface area contributed by atoms with Crippen LogP contribution in [0.1, 0.15) is 17.2 Å². The van der Waals surface area contributed by atoms with Gasteiger partial charge in [-0.3, -0.25) is 0 Å². The second-order valence-corrected chi connectivity index (χ2v) is 5.40. The molecule has 0 amide bonds. The van der Waals surface area contributed by atoms with Crippen molar-refractivity contribution in [2.24, 2.45) is 5.73 Å². The maximum Gasteiger partial charge on any atom is 0.165 e. The summed E-state index contributed by atoms with van der Waals surface area (Å²) in [6.07, 6.45) is 0.488. The number of benzene rings is 2. The van der Waals surface area contributed by atoms with Gasteiger partial charge in [-0.15, -0.1) is 0 Å². The lowest BCUT2D eigenvalue weighted by molar-refractivity contribution is 0.349. The third kappa shape index (κ3) is 3.36. The van der Waals surface area contributed by atoms with E-state index < -0.39 is 0 Å². The average Bonchev–Trinajstić information content (AvgIpc) is 2.50. The number of para-hydroxylation sites is 1. The van der Waals surface area contributed by atoms with Gasteiger partial charge in [0, 0.05) is 11.6 Å². The first-order valence-corrected chi connectivity index (χ1v) is 7.27. The van der Waals surface area contributed by atoms with Gasteiger partial charge in [-0.1, -0.05) is 24.3 Å². The van der Waals surface area contributed by atoms with Crippen LogP contribution in [0.3, 0.4) is 0 Å². The molecule has 2 N–H and O–H groups in total. The third-order valence-electron chi connectivity index (χ3n) is 3.30. The van der Waals surface area contributed by atoms with Gasteiger partial charge in [0.1, 0.15) is 5.82 Å². The highest BCUT2D eigenvalue weighted by Crippen LogP contribution is 2.35. The smallest absolute Gasteiger partial charge is 0.165 e. The molecule has 2 aromatic carbocycles. The molecule has 3 nitrogen and oxygen atoms in total. The molecule has 112 valence electrons. The van der Waals surface area contributed by atoms with Crippen molar-refractivity contribution < 1.29 is 13.9 Å². The highest BCUT2D eigenvalue weighted by Gasteiger charge is 2.17. The lowest BCUT2D eigenvalue weighted by atomic mass is 9.98.